The molecule has 0 saturated carbocycles. The van der Waals surface area contributed by atoms with Crippen LogP contribution >= 0.6 is 0 Å². The van der Waals surface area contributed by atoms with Crippen LogP contribution in [0.4, 0.5) is 8.78 Å². The molecule has 1 amide bonds. The molecule has 1 unspecified atom stereocenters. The van der Waals surface area contributed by atoms with E-state index in [1.54, 1.807) is 4.90 Å². The van der Waals surface area contributed by atoms with Crippen molar-refractivity contribution in [3.63, 3.8) is 0 Å². The number of hydrogen-bond acceptors (Lipinski definition) is 7. The summed E-state index contributed by atoms with van der Waals surface area (Å²) < 4.78 is 50.6. The predicted octanol–water partition coefficient (Wildman–Crippen LogP) is 3.99. The van der Waals surface area contributed by atoms with Gasteiger partial charge in [0.1, 0.15) is 13.2 Å². The van der Waals surface area contributed by atoms with Crippen molar-refractivity contribution in [2.45, 2.75) is 25.5 Å². The maximum absolute atomic E-state index is 12.8. The first-order valence-corrected chi connectivity index (χ1v) is 11.1. The molecule has 186 valence electrons. The second-order valence-electron chi connectivity index (χ2n) is 7.88. The summed E-state index contributed by atoms with van der Waals surface area (Å²) >= 11 is 0. The van der Waals surface area contributed by atoms with E-state index in [1.165, 1.54) is 31.4 Å². The molecule has 1 saturated heterocycles. The summed E-state index contributed by atoms with van der Waals surface area (Å²) in [5.74, 6) is 0.321. The fraction of sp³-hybridized carbons (Fsp3) is 0.360. The molecule has 0 radical (unpaired) electrons. The van der Waals surface area contributed by atoms with E-state index in [2.05, 4.69) is 4.74 Å². The molecule has 0 spiro atoms. The minimum Gasteiger partial charge on any atom is -0.493 e. The molecule has 0 aromatic heterocycles. The Labute approximate surface area is 201 Å². The number of likely N-dealkylation sites (tertiary alicyclic amines) is 1. The van der Waals surface area contributed by atoms with Gasteiger partial charge in [-0.2, -0.15) is 8.78 Å². The summed E-state index contributed by atoms with van der Waals surface area (Å²) in [5.41, 5.74) is 1.45. The average molecular weight is 489 g/mol. The van der Waals surface area contributed by atoms with Gasteiger partial charge in [0.25, 0.3) is 5.91 Å². The number of esters is 1. The Morgan fingerprint density at radius 2 is 1.91 bits per heavy atom. The van der Waals surface area contributed by atoms with Crippen LogP contribution in [0.5, 0.6) is 23.0 Å². The number of carbonyl (C=O) groups excluding carboxylic acids is 2. The highest BCUT2D eigenvalue weighted by Crippen LogP contribution is 2.38. The Morgan fingerprint density at radius 1 is 1.11 bits per heavy atom. The molecule has 0 N–H and O–H groups in total. The first-order valence-electron chi connectivity index (χ1n) is 11.1. The van der Waals surface area contributed by atoms with Crippen LogP contribution in [-0.2, 0) is 14.3 Å². The lowest BCUT2D eigenvalue weighted by Crippen LogP contribution is -2.34. The third-order valence-electron chi connectivity index (χ3n) is 5.68. The Hall–Kier alpha value is -3.82. The van der Waals surface area contributed by atoms with Crippen molar-refractivity contribution in [2.75, 3.05) is 33.5 Å². The Kier molecular flexibility index (Phi) is 7.69. The molecule has 1 atom stereocenters. The van der Waals surface area contributed by atoms with E-state index in [-0.39, 0.29) is 23.4 Å². The van der Waals surface area contributed by atoms with Gasteiger partial charge >= 0.3 is 12.6 Å². The van der Waals surface area contributed by atoms with Gasteiger partial charge in [0.2, 0.25) is 0 Å². The molecule has 1 fully saturated rings. The molecule has 35 heavy (non-hydrogen) atoms. The van der Waals surface area contributed by atoms with Crippen LogP contribution in [0.2, 0.25) is 0 Å². The smallest absolute Gasteiger partial charge is 0.387 e. The first kappa shape index (κ1) is 24.3. The lowest BCUT2D eigenvalue weighted by atomic mass is 10.0. The summed E-state index contributed by atoms with van der Waals surface area (Å²) in [5, 5.41) is 0. The largest absolute Gasteiger partial charge is 0.493 e. The standard InChI is InChI=1S/C25H25F2NO7/c1-31-21-13-16(4-7-20(21)35-25(26)27)5-9-24(30)34-15-23(29)28-10-2-3-18(28)17-6-8-19-22(14-17)33-12-11-32-19/h4-9,13-14,18,25H,2-3,10-12,15H2,1H3/b9-5+. The topological polar surface area (TPSA) is 83.5 Å². The summed E-state index contributed by atoms with van der Waals surface area (Å²) in [4.78, 5) is 26.6. The monoisotopic (exact) mass is 489 g/mol. The molecule has 0 bridgehead atoms. The van der Waals surface area contributed by atoms with Crippen LogP contribution in [0.25, 0.3) is 6.08 Å². The van der Waals surface area contributed by atoms with Crippen molar-refractivity contribution in [3.05, 3.63) is 53.6 Å². The van der Waals surface area contributed by atoms with Gasteiger partial charge in [-0.15, -0.1) is 0 Å². The van der Waals surface area contributed by atoms with Gasteiger partial charge in [-0.05, 0) is 54.3 Å². The minimum atomic E-state index is -2.98. The van der Waals surface area contributed by atoms with Crippen molar-refractivity contribution in [2.24, 2.45) is 0 Å². The highest BCUT2D eigenvalue weighted by Gasteiger charge is 2.31. The van der Waals surface area contributed by atoms with Gasteiger partial charge in [-0.1, -0.05) is 12.1 Å². The normalized spacial score (nSPS) is 17.0. The quantitative estimate of drug-likeness (QED) is 0.410. The van der Waals surface area contributed by atoms with E-state index < -0.39 is 19.2 Å². The third kappa shape index (κ3) is 6.00. The predicted molar refractivity (Wildman–Crippen MR) is 121 cm³/mol. The SMILES string of the molecule is COc1cc(/C=C/C(=O)OCC(=O)N2CCCC2c2ccc3c(c2)OCCO3)ccc1OC(F)F. The molecule has 8 nitrogen and oxygen atoms in total. The number of rotatable bonds is 8. The van der Waals surface area contributed by atoms with Gasteiger partial charge in [-0.25, -0.2) is 4.79 Å². The van der Waals surface area contributed by atoms with Crippen LogP contribution in [-0.4, -0.2) is 56.9 Å². The second kappa shape index (κ2) is 11.1. The second-order valence-corrected chi connectivity index (χ2v) is 7.88. The van der Waals surface area contributed by atoms with Gasteiger partial charge < -0.3 is 28.6 Å². The number of fused-ring (bicyclic) bond motifs is 1. The molecule has 2 aliphatic rings. The van der Waals surface area contributed by atoms with Crippen molar-refractivity contribution in [1.29, 1.82) is 0 Å². The lowest BCUT2D eigenvalue weighted by molar-refractivity contribution is -0.148. The highest BCUT2D eigenvalue weighted by molar-refractivity contribution is 5.89. The number of methoxy groups -OCH3 is 1. The Morgan fingerprint density at radius 3 is 2.69 bits per heavy atom. The van der Waals surface area contributed by atoms with Crippen molar-refractivity contribution in [1.82, 2.24) is 4.90 Å². The highest BCUT2D eigenvalue weighted by atomic mass is 19.3. The number of halogens is 2. The summed E-state index contributed by atoms with van der Waals surface area (Å²) in [6.07, 6.45) is 4.21. The average Bonchev–Trinajstić information content (AvgIpc) is 3.36. The number of carbonyl (C=O) groups is 2. The fourth-order valence-corrected chi connectivity index (χ4v) is 4.09. The van der Waals surface area contributed by atoms with Crippen LogP contribution in [0.1, 0.15) is 30.0 Å². The van der Waals surface area contributed by atoms with E-state index in [1.807, 2.05) is 18.2 Å². The number of alkyl halides is 2. The molecule has 4 rings (SSSR count). The van der Waals surface area contributed by atoms with Gasteiger partial charge in [-0.3, -0.25) is 4.79 Å². The zero-order valence-corrected chi connectivity index (χ0v) is 19.1. The molecule has 2 aromatic rings. The van der Waals surface area contributed by atoms with Gasteiger partial charge in [0.15, 0.2) is 29.6 Å². The number of nitrogens with zero attached hydrogens (tertiary/aromatic N) is 1. The van der Waals surface area contributed by atoms with Crippen LogP contribution < -0.4 is 18.9 Å². The van der Waals surface area contributed by atoms with Crippen LogP contribution in [0.15, 0.2) is 42.5 Å². The molecular formula is C25H25F2NO7. The number of amides is 1. The van der Waals surface area contributed by atoms with Crippen LogP contribution in [0, 0.1) is 0 Å². The van der Waals surface area contributed by atoms with E-state index >= 15 is 0 Å². The number of ether oxygens (including phenoxy) is 5. The van der Waals surface area contributed by atoms with E-state index in [0.717, 1.165) is 24.5 Å². The minimum absolute atomic E-state index is 0.0928. The zero-order valence-electron chi connectivity index (χ0n) is 19.1. The molecule has 2 aromatic carbocycles. The Bertz CT molecular complexity index is 1110. The van der Waals surface area contributed by atoms with Crippen LogP contribution in [0.3, 0.4) is 0 Å². The van der Waals surface area contributed by atoms with Gasteiger partial charge in [0.05, 0.1) is 13.2 Å². The molecule has 0 aliphatic carbocycles. The summed E-state index contributed by atoms with van der Waals surface area (Å²) in [6, 6.07) is 9.76. The lowest BCUT2D eigenvalue weighted by Gasteiger charge is -2.26. The first-order chi connectivity index (χ1) is 16.9. The molecule has 10 heteroatoms. The number of benzene rings is 2. The molecule has 2 aliphatic heterocycles. The van der Waals surface area contributed by atoms with E-state index in [4.69, 9.17) is 18.9 Å². The molecular weight excluding hydrogens is 464 g/mol. The zero-order chi connectivity index (χ0) is 24.8. The summed E-state index contributed by atoms with van der Waals surface area (Å²) in [7, 11) is 1.32. The van der Waals surface area contributed by atoms with E-state index in [0.29, 0.717) is 36.8 Å². The Balaban J connectivity index is 1.33. The van der Waals surface area contributed by atoms with E-state index in [9.17, 15) is 18.4 Å². The maximum Gasteiger partial charge on any atom is 0.387 e. The number of hydrogen-bond donors (Lipinski definition) is 0. The fourth-order valence-electron chi connectivity index (χ4n) is 4.09. The van der Waals surface area contributed by atoms with Crippen molar-refractivity contribution < 1.29 is 42.1 Å². The van der Waals surface area contributed by atoms with Crippen molar-refractivity contribution in [3.8, 4) is 23.0 Å². The maximum atomic E-state index is 12.8. The van der Waals surface area contributed by atoms with Crippen molar-refractivity contribution >= 4 is 18.0 Å². The third-order valence-corrected chi connectivity index (χ3v) is 5.68. The van der Waals surface area contributed by atoms with Gasteiger partial charge in [0, 0.05) is 12.6 Å². The summed E-state index contributed by atoms with van der Waals surface area (Å²) in [6.45, 7) is -1.82. The molecule has 2 heterocycles.